The second-order valence-corrected chi connectivity index (χ2v) is 8.17. The summed E-state index contributed by atoms with van der Waals surface area (Å²) in [5.41, 5.74) is 2.91. The van der Waals surface area contributed by atoms with E-state index in [9.17, 15) is 13.2 Å². The summed E-state index contributed by atoms with van der Waals surface area (Å²) < 4.78 is 40.3. The van der Waals surface area contributed by atoms with Crippen molar-refractivity contribution in [3.8, 4) is 11.1 Å². The minimum absolute atomic E-state index is 0.348. The molecule has 1 unspecified atom stereocenters. The second kappa shape index (κ2) is 9.43. The third-order valence-corrected chi connectivity index (χ3v) is 6.04. The minimum atomic E-state index is -4.42. The number of nitrogens with zero attached hydrogens (tertiary/aromatic N) is 1. The molecule has 31 heavy (non-hydrogen) atoms. The Hall–Kier alpha value is -2.34. The summed E-state index contributed by atoms with van der Waals surface area (Å²) in [5.74, 6) is 0. The van der Waals surface area contributed by atoms with Crippen molar-refractivity contribution in [2.45, 2.75) is 18.6 Å². The Bertz CT molecular complexity index is 996. The quantitative estimate of drug-likeness (QED) is 0.500. The number of rotatable bonds is 4. The lowest BCUT2D eigenvalue weighted by atomic mass is 9.93. The molecule has 1 atom stereocenters. The molecule has 1 aliphatic rings. The fraction of sp³-hybridized carbons (Fsp3) is 0.280. The van der Waals surface area contributed by atoms with Gasteiger partial charge in [0.15, 0.2) is 0 Å². The van der Waals surface area contributed by atoms with Gasteiger partial charge in [-0.3, -0.25) is 4.90 Å². The summed E-state index contributed by atoms with van der Waals surface area (Å²) in [6.45, 7) is 3.20. The zero-order valence-electron chi connectivity index (χ0n) is 17.0. The summed E-state index contributed by atoms with van der Waals surface area (Å²) in [6, 6.07) is 21.3. The van der Waals surface area contributed by atoms with Gasteiger partial charge in [-0.1, -0.05) is 66.2 Å². The maximum atomic E-state index is 13.4. The number of hydrogen-bond acceptors (Lipinski definition) is 2. The van der Waals surface area contributed by atoms with Crippen molar-refractivity contribution in [1.82, 2.24) is 10.2 Å². The molecule has 4 rings (SSSR count). The molecule has 0 aliphatic carbocycles. The lowest BCUT2D eigenvalue weighted by molar-refractivity contribution is -0.137. The third kappa shape index (κ3) is 5.12. The standard InChI is InChI=1S/C25H24ClF3N2/c26-23-12-11-21(25(27,28)29)17-22(23)24(31-15-4-13-30-14-16-31)20-9-7-19(8-10-20)18-5-2-1-3-6-18/h1-3,5-12,17,24,30H,4,13-16H2. The summed E-state index contributed by atoms with van der Waals surface area (Å²) in [7, 11) is 0. The molecular weight excluding hydrogens is 421 g/mol. The molecule has 6 heteroatoms. The Labute approximate surface area is 185 Å². The summed E-state index contributed by atoms with van der Waals surface area (Å²) in [5, 5.41) is 3.71. The van der Waals surface area contributed by atoms with Gasteiger partial charge in [-0.15, -0.1) is 0 Å². The van der Waals surface area contributed by atoms with Gasteiger partial charge in [0.2, 0.25) is 0 Å². The number of alkyl halides is 3. The molecule has 162 valence electrons. The molecule has 1 fully saturated rings. The van der Waals surface area contributed by atoms with E-state index in [1.165, 1.54) is 12.1 Å². The van der Waals surface area contributed by atoms with Gasteiger partial charge >= 0.3 is 6.18 Å². The maximum Gasteiger partial charge on any atom is 0.416 e. The third-order valence-electron chi connectivity index (χ3n) is 5.69. The number of nitrogens with one attached hydrogen (secondary N) is 1. The average molecular weight is 445 g/mol. The Morgan fingerprint density at radius 3 is 2.26 bits per heavy atom. The highest BCUT2D eigenvalue weighted by Gasteiger charge is 2.33. The molecule has 2 nitrogen and oxygen atoms in total. The molecule has 1 aliphatic heterocycles. The van der Waals surface area contributed by atoms with Crippen LogP contribution in [0.1, 0.15) is 29.2 Å². The molecular formula is C25H24ClF3N2. The van der Waals surface area contributed by atoms with Gasteiger partial charge in [-0.05, 0) is 53.4 Å². The van der Waals surface area contributed by atoms with Crippen molar-refractivity contribution in [1.29, 1.82) is 0 Å². The average Bonchev–Trinajstić information content (AvgIpc) is 3.05. The smallest absolute Gasteiger partial charge is 0.315 e. The van der Waals surface area contributed by atoms with E-state index in [1.807, 2.05) is 54.6 Å². The van der Waals surface area contributed by atoms with Gasteiger partial charge in [-0.2, -0.15) is 13.2 Å². The van der Waals surface area contributed by atoms with Crippen LogP contribution >= 0.6 is 11.6 Å². The van der Waals surface area contributed by atoms with Gasteiger partial charge in [-0.25, -0.2) is 0 Å². The fourth-order valence-corrected chi connectivity index (χ4v) is 4.35. The molecule has 0 radical (unpaired) electrons. The summed E-state index contributed by atoms with van der Waals surface area (Å²) in [6.07, 6.45) is -3.49. The van der Waals surface area contributed by atoms with Crippen molar-refractivity contribution in [2.75, 3.05) is 26.2 Å². The second-order valence-electron chi connectivity index (χ2n) is 7.76. The van der Waals surface area contributed by atoms with Crippen LogP contribution in [0.25, 0.3) is 11.1 Å². The molecule has 0 aromatic heterocycles. The van der Waals surface area contributed by atoms with Gasteiger partial charge in [0.1, 0.15) is 0 Å². The maximum absolute atomic E-state index is 13.4. The molecule has 3 aromatic rings. The van der Waals surface area contributed by atoms with Crippen LogP contribution in [-0.4, -0.2) is 31.1 Å². The Morgan fingerprint density at radius 2 is 1.55 bits per heavy atom. The molecule has 0 bridgehead atoms. The first-order valence-electron chi connectivity index (χ1n) is 10.4. The first kappa shape index (κ1) is 21.9. The van der Waals surface area contributed by atoms with Crippen molar-refractivity contribution in [3.05, 3.63) is 94.5 Å². The fourth-order valence-electron chi connectivity index (χ4n) is 4.13. The van der Waals surface area contributed by atoms with Crippen molar-refractivity contribution in [2.24, 2.45) is 0 Å². The van der Waals surface area contributed by atoms with E-state index < -0.39 is 11.7 Å². The van der Waals surface area contributed by atoms with E-state index in [2.05, 4.69) is 10.2 Å². The SMILES string of the molecule is FC(F)(F)c1ccc(Cl)c(C(c2ccc(-c3ccccc3)cc2)N2CCCNCC2)c1. The molecule has 1 saturated heterocycles. The number of benzene rings is 3. The van der Waals surface area contributed by atoms with Crippen LogP contribution in [0, 0.1) is 0 Å². The Morgan fingerprint density at radius 1 is 0.839 bits per heavy atom. The van der Waals surface area contributed by atoms with E-state index in [0.717, 1.165) is 55.4 Å². The highest BCUT2D eigenvalue weighted by Crippen LogP contribution is 2.38. The Balaban J connectivity index is 1.77. The van der Waals surface area contributed by atoms with Crippen LogP contribution in [0.4, 0.5) is 13.2 Å². The monoisotopic (exact) mass is 444 g/mol. The van der Waals surface area contributed by atoms with Gasteiger partial charge in [0.25, 0.3) is 0 Å². The van der Waals surface area contributed by atoms with Crippen molar-refractivity contribution in [3.63, 3.8) is 0 Å². The minimum Gasteiger partial charge on any atom is -0.315 e. The largest absolute Gasteiger partial charge is 0.416 e. The van der Waals surface area contributed by atoms with Crippen LogP contribution in [-0.2, 0) is 6.18 Å². The summed E-state index contributed by atoms with van der Waals surface area (Å²) in [4.78, 5) is 2.22. The zero-order valence-corrected chi connectivity index (χ0v) is 17.8. The zero-order chi connectivity index (χ0) is 21.8. The molecule has 1 heterocycles. The van der Waals surface area contributed by atoms with Gasteiger partial charge in [0, 0.05) is 24.7 Å². The molecule has 0 saturated carbocycles. The van der Waals surface area contributed by atoms with Crippen LogP contribution in [0.3, 0.4) is 0 Å². The lowest BCUT2D eigenvalue weighted by Crippen LogP contribution is -2.33. The van der Waals surface area contributed by atoms with Crippen LogP contribution in [0.2, 0.25) is 5.02 Å². The first-order chi connectivity index (χ1) is 14.9. The van der Waals surface area contributed by atoms with E-state index in [-0.39, 0.29) is 6.04 Å². The van der Waals surface area contributed by atoms with Gasteiger partial charge < -0.3 is 5.32 Å². The van der Waals surface area contributed by atoms with Crippen molar-refractivity contribution < 1.29 is 13.2 Å². The first-order valence-corrected chi connectivity index (χ1v) is 10.8. The Kier molecular flexibility index (Phi) is 6.65. The molecule has 3 aromatic carbocycles. The summed E-state index contributed by atoms with van der Waals surface area (Å²) >= 11 is 6.47. The van der Waals surface area contributed by atoms with E-state index >= 15 is 0 Å². The normalized spacial score (nSPS) is 16.6. The highest BCUT2D eigenvalue weighted by molar-refractivity contribution is 6.31. The van der Waals surface area contributed by atoms with Crippen LogP contribution in [0.15, 0.2) is 72.8 Å². The van der Waals surface area contributed by atoms with E-state index in [4.69, 9.17) is 11.6 Å². The molecule has 1 N–H and O–H groups in total. The number of hydrogen-bond donors (Lipinski definition) is 1. The van der Waals surface area contributed by atoms with Gasteiger partial charge in [0.05, 0.1) is 11.6 Å². The highest BCUT2D eigenvalue weighted by atomic mass is 35.5. The van der Waals surface area contributed by atoms with Crippen LogP contribution < -0.4 is 5.32 Å². The molecule has 0 spiro atoms. The van der Waals surface area contributed by atoms with Crippen LogP contribution in [0.5, 0.6) is 0 Å². The lowest BCUT2D eigenvalue weighted by Gasteiger charge is -2.32. The predicted octanol–water partition coefficient (Wildman–Crippen LogP) is 6.41. The molecule has 0 amide bonds. The van der Waals surface area contributed by atoms with E-state index in [1.54, 1.807) is 0 Å². The van der Waals surface area contributed by atoms with Crippen molar-refractivity contribution >= 4 is 11.6 Å². The topological polar surface area (TPSA) is 15.3 Å². The number of halogens is 4. The predicted molar refractivity (Wildman–Crippen MR) is 119 cm³/mol. The van der Waals surface area contributed by atoms with E-state index in [0.29, 0.717) is 10.6 Å².